The molecule has 10 heteroatoms. The van der Waals surface area contributed by atoms with Crippen molar-refractivity contribution in [2.45, 2.75) is 45.0 Å². The zero-order valence-corrected chi connectivity index (χ0v) is 17.7. The molecule has 2 saturated heterocycles. The van der Waals surface area contributed by atoms with E-state index in [1.807, 2.05) is 0 Å². The van der Waals surface area contributed by atoms with Crippen LogP contribution >= 0.6 is 0 Å². The fraction of sp³-hybridized carbons (Fsp3) is 0.571. The Kier molecular flexibility index (Phi) is 6.20. The summed E-state index contributed by atoms with van der Waals surface area (Å²) in [5, 5.41) is 2.40. The fourth-order valence-electron chi connectivity index (χ4n) is 3.94. The van der Waals surface area contributed by atoms with Crippen molar-refractivity contribution in [3.05, 3.63) is 35.4 Å². The number of ether oxygens (including phenoxy) is 1. The molecule has 7 nitrogen and oxygen atoms in total. The van der Waals surface area contributed by atoms with E-state index >= 15 is 0 Å². The first-order chi connectivity index (χ1) is 14.3. The maximum atomic E-state index is 12.8. The van der Waals surface area contributed by atoms with Gasteiger partial charge in [0.05, 0.1) is 18.2 Å². The van der Waals surface area contributed by atoms with E-state index in [2.05, 4.69) is 5.32 Å². The summed E-state index contributed by atoms with van der Waals surface area (Å²) in [6.07, 6.45) is -4.25. The number of carbonyl (C=O) groups excluding carboxylic acids is 3. The average Bonchev–Trinajstić information content (AvgIpc) is 3.24. The minimum atomic E-state index is -4.56. The van der Waals surface area contributed by atoms with Crippen molar-refractivity contribution >= 4 is 17.9 Å². The third kappa shape index (κ3) is 5.48. The second kappa shape index (κ2) is 8.39. The van der Waals surface area contributed by atoms with Crippen molar-refractivity contribution in [3.63, 3.8) is 0 Å². The Morgan fingerprint density at radius 1 is 1.16 bits per heavy atom. The zero-order chi connectivity index (χ0) is 23.0. The van der Waals surface area contributed by atoms with E-state index in [1.54, 1.807) is 30.6 Å². The summed E-state index contributed by atoms with van der Waals surface area (Å²) in [6, 6.07) is 3.88. The molecule has 0 radical (unpaired) electrons. The lowest BCUT2D eigenvalue weighted by Crippen LogP contribution is -2.45. The van der Waals surface area contributed by atoms with E-state index in [0.29, 0.717) is 19.6 Å². The van der Waals surface area contributed by atoms with Crippen LogP contribution in [0.25, 0.3) is 0 Å². The first-order valence-electron chi connectivity index (χ1n) is 10.1. The second-order valence-corrected chi connectivity index (χ2v) is 8.85. The molecule has 1 aromatic rings. The molecule has 1 N–H and O–H groups in total. The number of amides is 3. The number of hydrogen-bond donors (Lipinski definition) is 1. The van der Waals surface area contributed by atoms with Gasteiger partial charge in [-0.25, -0.2) is 4.79 Å². The van der Waals surface area contributed by atoms with Crippen LogP contribution in [0.4, 0.5) is 18.0 Å². The summed E-state index contributed by atoms with van der Waals surface area (Å²) < 4.78 is 43.9. The van der Waals surface area contributed by atoms with Crippen LogP contribution in [0.15, 0.2) is 24.3 Å². The van der Waals surface area contributed by atoms with E-state index in [1.165, 1.54) is 6.07 Å². The zero-order valence-electron chi connectivity index (χ0n) is 17.7. The number of carbonyl (C=O) groups is 3. The number of alkyl halides is 3. The quantitative estimate of drug-likeness (QED) is 0.783. The van der Waals surface area contributed by atoms with Gasteiger partial charge in [0.25, 0.3) is 5.91 Å². The Morgan fingerprint density at radius 3 is 2.52 bits per heavy atom. The SMILES string of the molecule is CC(C)(C)OC(=O)N1CC2CCN(C(=O)CNC(=O)c3cccc(C(F)(F)F)c3)C2C1. The Morgan fingerprint density at radius 2 is 1.87 bits per heavy atom. The van der Waals surface area contributed by atoms with Crippen LogP contribution < -0.4 is 5.32 Å². The molecule has 1 aromatic carbocycles. The molecule has 2 atom stereocenters. The summed E-state index contributed by atoms with van der Waals surface area (Å²) in [6.45, 7) is 6.38. The molecule has 2 fully saturated rings. The molecule has 0 bridgehead atoms. The molecule has 3 amide bonds. The molecule has 170 valence electrons. The van der Waals surface area contributed by atoms with Crippen molar-refractivity contribution in [2.75, 3.05) is 26.2 Å². The largest absolute Gasteiger partial charge is 0.444 e. The average molecular weight is 441 g/mol. The first kappa shape index (κ1) is 22.9. The van der Waals surface area contributed by atoms with Gasteiger partial charge in [0.2, 0.25) is 5.91 Å². The Balaban J connectivity index is 1.56. The Hall–Kier alpha value is -2.78. The number of halogens is 3. The molecule has 3 rings (SSSR count). The standard InChI is InChI=1S/C21H26F3N3O4/c1-20(2,3)31-19(30)26-11-14-7-8-27(16(14)12-26)17(28)10-25-18(29)13-5-4-6-15(9-13)21(22,23)24/h4-6,9,14,16H,7-8,10-12H2,1-3H3,(H,25,29). The Labute approximate surface area is 178 Å². The van der Waals surface area contributed by atoms with Gasteiger partial charge < -0.3 is 19.9 Å². The maximum Gasteiger partial charge on any atom is 0.416 e. The van der Waals surface area contributed by atoms with E-state index in [-0.39, 0.29) is 30.0 Å². The van der Waals surface area contributed by atoms with Crippen LogP contribution in [0.3, 0.4) is 0 Å². The van der Waals surface area contributed by atoms with Crippen molar-refractivity contribution in [2.24, 2.45) is 5.92 Å². The minimum Gasteiger partial charge on any atom is -0.444 e. The summed E-state index contributed by atoms with van der Waals surface area (Å²) in [5.41, 5.74) is -1.71. The first-order valence-corrected chi connectivity index (χ1v) is 10.1. The predicted octanol–water partition coefficient (Wildman–Crippen LogP) is 2.90. The van der Waals surface area contributed by atoms with Gasteiger partial charge in [0, 0.05) is 31.1 Å². The van der Waals surface area contributed by atoms with Crippen LogP contribution in [0.2, 0.25) is 0 Å². The second-order valence-electron chi connectivity index (χ2n) is 8.85. The number of likely N-dealkylation sites (tertiary alicyclic amines) is 2. The van der Waals surface area contributed by atoms with Gasteiger partial charge in [-0.2, -0.15) is 13.2 Å². The van der Waals surface area contributed by atoms with Gasteiger partial charge in [-0.1, -0.05) is 6.07 Å². The summed E-state index contributed by atoms with van der Waals surface area (Å²) in [7, 11) is 0. The third-order valence-corrected chi connectivity index (χ3v) is 5.37. The van der Waals surface area contributed by atoms with Gasteiger partial charge >= 0.3 is 12.3 Å². The van der Waals surface area contributed by atoms with Crippen molar-refractivity contribution in [1.29, 1.82) is 0 Å². The van der Waals surface area contributed by atoms with Crippen LogP contribution in [-0.2, 0) is 15.7 Å². The highest BCUT2D eigenvalue weighted by Gasteiger charge is 2.45. The number of nitrogens with one attached hydrogen (secondary N) is 1. The van der Waals surface area contributed by atoms with Gasteiger partial charge in [0.15, 0.2) is 0 Å². The molecule has 0 aromatic heterocycles. The lowest BCUT2D eigenvalue weighted by atomic mass is 10.1. The maximum absolute atomic E-state index is 12.8. The predicted molar refractivity (Wildman–Crippen MR) is 105 cm³/mol. The minimum absolute atomic E-state index is 0.135. The van der Waals surface area contributed by atoms with Crippen LogP contribution in [0.1, 0.15) is 43.1 Å². The molecule has 2 unspecified atom stereocenters. The molecule has 2 aliphatic heterocycles. The fourth-order valence-corrected chi connectivity index (χ4v) is 3.94. The lowest BCUT2D eigenvalue weighted by Gasteiger charge is -2.27. The number of hydrogen-bond acceptors (Lipinski definition) is 4. The number of rotatable bonds is 3. The molecule has 2 heterocycles. The van der Waals surface area contributed by atoms with Gasteiger partial charge in [-0.3, -0.25) is 9.59 Å². The van der Waals surface area contributed by atoms with E-state index in [9.17, 15) is 27.6 Å². The van der Waals surface area contributed by atoms with E-state index < -0.39 is 29.3 Å². The molecule has 0 spiro atoms. The highest BCUT2D eigenvalue weighted by molar-refractivity contribution is 5.96. The molecule has 2 aliphatic rings. The Bertz CT molecular complexity index is 866. The highest BCUT2D eigenvalue weighted by atomic mass is 19.4. The number of fused-ring (bicyclic) bond motifs is 1. The molecule has 0 aliphatic carbocycles. The summed E-state index contributed by atoms with van der Waals surface area (Å²) >= 11 is 0. The van der Waals surface area contributed by atoms with Crippen molar-refractivity contribution < 1.29 is 32.3 Å². The normalized spacial score (nSPS) is 21.1. The molecule has 0 saturated carbocycles. The van der Waals surface area contributed by atoms with E-state index in [0.717, 1.165) is 24.6 Å². The summed E-state index contributed by atoms with van der Waals surface area (Å²) in [4.78, 5) is 40.4. The smallest absolute Gasteiger partial charge is 0.416 e. The highest BCUT2D eigenvalue weighted by Crippen LogP contribution is 2.32. The third-order valence-electron chi connectivity index (χ3n) is 5.37. The van der Waals surface area contributed by atoms with Gasteiger partial charge in [-0.05, 0) is 45.4 Å². The van der Waals surface area contributed by atoms with Crippen molar-refractivity contribution in [3.8, 4) is 0 Å². The van der Waals surface area contributed by atoms with Crippen LogP contribution in [-0.4, -0.2) is 65.5 Å². The number of benzene rings is 1. The summed E-state index contributed by atoms with van der Waals surface area (Å²) in [5.74, 6) is -0.952. The number of nitrogens with zero attached hydrogens (tertiary/aromatic N) is 2. The van der Waals surface area contributed by atoms with Crippen LogP contribution in [0, 0.1) is 5.92 Å². The monoisotopic (exact) mass is 441 g/mol. The van der Waals surface area contributed by atoms with Gasteiger partial charge in [-0.15, -0.1) is 0 Å². The molecular weight excluding hydrogens is 415 g/mol. The van der Waals surface area contributed by atoms with Crippen LogP contribution in [0.5, 0.6) is 0 Å². The molecular formula is C21H26F3N3O4. The van der Waals surface area contributed by atoms with E-state index in [4.69, 9.17) is 4.74 Å². The van der Waals surface area contributed by atoms with Crippen molar-refractivity contribution in [1.82, 2.24) is 15.1 Å². The molecule has 31 heavy (non-hydrogen) atoms. The van der Waals surface area contributed by atoms with Gasteiger partial charge in [0.1, 0.15) is 5.60 Å². The lowest BCUT2D eigenvalue weighted by molar-refractivity contribution is -0.137. The topological polar surface area (TPSA) is 79.0 Å².